The minimum absolute atomic E-state index is 0.478. The second kappa shape index (κ2) is 4.88. The normalized spacial score (nSPS) is 9.57. The molecule has 3 heteroatoms. The molecular formula is C11H12ClNO. The summed E-state index contributed by atoms with van der Waals surface area (Å²) in [5.41, 5.74) is 1.96. The summed E-state index contributed by atoms with van der Waals surface area (Å²) in [7, 11) is 1.62. The highest BCUT2D eigenvalue weighted by Crippen LogP contribution is 2.27. The molecule has 0 radical (unpaired) electrons. The van der Waals surface area contributed by atoms with E-state index < -0.39 is 0 Å². The zero-order valence-corrected chi connectivity index (χ0v) is 9.06. The zero-order chi connectivity index (χ0) is 10.6. The highest BCUT2D eigenvalue weighted by Gasteiger charge is 2.06. The number of methoxy groups -OCH3 is 1. The summed E-state index contributed by atoms with van der Waals surface area (Å²) >= 11 is 6.09. The van der Waals surface area contributed by atoms with Crippen LogP contribution in [0.2, 0.25) is 5.02 Å². The zero-order valence-electron chi connectivity index (χ0n) is 8.30. The Bertz CT molecular complexity index is 368. The molecule has 0 N–H and O–H groups in total. The minimum atomic E-state index is 0.478. The molecule has 0 atom stereocenters. The average Bonchev–Trinajstić information content (AvgIpc) is 2.20. The van der Waals surface area contributed by atoms with Crippen LogP contribution in [-0.2, 0) is 6.42 Å². The lowest BCUT2D eigenvalue weighted by Gasteiger charge is -2.08. The quantitative estimate of drug-likeness (QED) is 0.767. The van der Waals surface area contributed by atoms with Crippen LogP contribution in [0.15, 0.2) is 12.1 Å². The molecule has 0 aromatic heterocycles. The fourth-order valence-electron chi connectivity index (χ4n) is 1.30. The van der Waals surface area contributed by atoms with Gasteiger partial charge in [0.1, 0.15) is 5.75 Å². The Morgan fingerprint density at radius 3 is 2.79 bits per heavy atom. The molecule has 0 unspecified atom stereocenters. The van der Waals surface area contributed by atoms with Crippen molar-refractivity contribution in [1.82, 2.24) is 0 Å². The third kappa shape index (κ3) is 2.40. The van der Waals surface area contributed by atoms with E-state index in [2.05, 4.69) is 6.07 Å². The van der Waals surface area contributed by atoms with E-state index in [-0.39, 0.29) is 0 Å². The molecule has 0 fully saturated rings. The fraction of sp³-hybridized carbons (Fsp3) is 0.364. The van der Waals surface area contributed by atoms with E-state index in [0.717, 1.165) is 21.9 Å². The summed E-state index contributed by atoms with van der Waals surface area (Å²) in [6, 6.07) is 5.87. The van der Waals surface area contributed by atoms with E-state index in [0.29, 0.717) is 12.8 Å². The second-order valence-electron chi connectivity index (χ2n) is 3.08. The summed E-state index contributed by atoms with van der Waals surface area (Å²) in [4.78, 5) is 0. The van der Waals surface area contributed by atoms with Crippen LogP contribution >= 0.6 is 11.6 Å². The minimum Gasteiger partial charge on any atom is -0.497 e. The van der Waals surface area contributed by atoms with Crippen molar-refractivity contribution in [3.63, 3.8) is 0 Å². The second-order valence-corrected chi connectivity index (χ2v) is 3.45. The van der Waals surface area contributed by atoms with Crippen LogP contribution in [0, 0.1) is 18.3 Å². The summed E-state index contributed by atoms with van der Waals surface area (Å²) in [6.45, 7) is 1.93. The summed E-state index contributed by atoms with van der Waals surface area (Å²) in [5, 5.41) is 9.23. The Kier molecular flexibility index (Phi) is 3.79. The summed E-state index contributed by atoms with van der Waals surface area (Å²) in [6.07, 6.45) is 1.15. The van der Waals surface area contributed by atoms with Crippen LogP contribution in [0.25, 0.3) is 0 Å². The maximum absolute atomic E-state index is 8.49. The monoisotopic (exact) mass is 209 g/mol. The Morgan fingerprint density at radius 1 is 1.50 bits per heavy atom. The SMILES string of the molecule is COc1cc(C)c(Cl)c(CCC#N)c1. The van der Waals surface area contributed by atoms with Gasteiger partial charge in [-0.05, 0) is 36.6 Å². The van der Waals surface area contributed by atoms with Crippen molar-refractivity contribution in [2.24, 2.45) is 0 Å². The van der Waals surface area contributed by atoms with Gasteiger partial charge in [0, 0.05) is 11.4 Å². The van der Waals surface area contributed by atoms with Crippen molar-refractivity contribution in [1.29, 1.82) is 5.26 Å². The van der Waals surface area contributed by atoms with Crippen molar-refractivity contribution >= 4 is 11.6 Å². The van der Waals surface area contributed by atoms with Crippen molar-refractivity contribution < 1.29 is 4.74 Å². The fourth-order valence-corrected chi connectivity index (χ4v) is 1.50. The van der Waals surface area contributed by atoms with Gasteiger partial charge in [-0.15, -0.1) is 0 Å². The van der Waals surface area contributed by atoms with E-state index in [1.807, 2.05) is 19.1 Å². The number of rotatable bonds is 3. The van der Waals surface area contributed by atoms with Crippen molar-refractivity contribution in [3.05, 3.63) is 28.3 Å². The number of hydrogen-bond acceptors (Lipinski definition) is 2. The van der Waals surface area contributed by atoms with Crippen molar-refractivity contribution in [2.45, 2.75) is 19.8 Å². The van der Waals surface area contributed by atoms with E-state index in [4.69, 9.17) is 21.6 Å². The van der Waals surface area contributed by atoms with E-state index in [1.165, 1.54) is 0 Å². The van der Waals surface area contributed by atoms with Crippen LogP contribution in [0.1, 0.15) is 17.5 Å². The van der Waals surface area contributed by atoms with Gasteiger partial charge in [0.05, 0.1) is 13.2 Å². The van der Waals surface area contributed by atoms with Gasteiger partial charge in [0.25, 0.3) is 0 Å². The molecule has 0 spiro atoms. The molecule has 0 saturated heterocycles. The predicted octanol–water partition coefficient (Wildman–Crippen LogP) is 3.11. The largest absolute Gasteiger partial charge is 0.497 e. The molecule has 0 aliphatic heterocycles. The Morgan fingerprint density at radius 2 is 2.21 bits per heavy atom. The average molecular weight is 210 g/mol. The molecule has 0 aliphatic rings. The molecule has 2 nitrogen and oxygen atoms in total. The number of hydrogen-bond donors (Lipinski definition) is 0. The Hall–Kier alpha value is -1.20. The standard InChI is InChI=1S/C11H12ClNO/c1-8-6-10(14-2)7-9(11(8)12)4-3-5-13/h6-7H,3-4H2,1-2H3. The number of nitriles is 1. The lowest BCUT2D eigenvalue weighted by Crippen LogP contribution is -1.92. The molecular weight excluding hydrogens is 198 g/mol. The van der Waals surface area contributed by atoms with Gasteiger partial charge in [-0.25, -0.2) is 0 Å². The lowest BCUT2D eigenvalue weighted by atomic mass is 10.1. The third-order valence-corrected chi connectivity index (χ3v) is 2.59. The number of benzene rings is 1. The molecule has 0 heterocycles. The van der Waals surface area contributed by atoms with E-state index in [9.17, 15) is 0 Å². The first kappa shape index (κ1) is 10.9. The molecule has 0 amide bonds. The van der Waals surface area contributed by atoms with Crippen LogP contribution in [0.4, 0.5) is 0 Å². The summed E-state index contributed by atoms with van der Waals surface area (Å²) < 4.78 is 5.13. The Balaban J connectivity index is 3.02. The molecule has 0 saturated carbocycles. The van der Waals surface area contributed by atoms with Gasteiger partial charge >= 0.3 is 0 Å². The molecule has 14 heavy (non-hydrogen) atoms. The molecule has 74 valence electrons. The molecule has 0 aliphatic carbocycles. The first-order chi connectivity index (χ1) is 6.69. The van der Waals surface area contributed by atoms with Gasteiger partial charge in [-0.3, -0.25) is 0 Å². The van der Waals surface area contributed by atoms with Crippen LogP contribution in [-0.4, -0.2) is 7.11 Å². The molecule has 1 rings (SSSR count). The van der Waals surface area contributed by atoms with E-state index in [1.54, 1.807) is 7.11 Å². The van der Waals surface area contributed by atoms with Gasteiger partial charge < -0.3 is 4.74 Å². The third-order valence-electron chi connectivity index (χ3n) is 2.05. The molecule has 1 aromatic rings. The maximum Gasteiger partial charge on any atom is 0.119 e. The van der Waals surface area contributed by atoms with Gasteiger partial charge in [-0.2, -0.15) is 5.26 Å². The van der Waals surface area contributed by atoms with Gasteiger partial charge in [-0.1, -0.05) is 11.6 Å². The lowest BCUT2D eigenvalue weighted by molar-refractivity contribution is 0.414. The first-order valence-electron chi connectivity index (χ1n) is 4.39. The van der Waals surface area contributed by atoms with Crippen LogP contribution in [0.5, 0.6) is 5.75 Å². The topological polar surface area (TPSA) is 33.0 Å². The van der Waals surface area contributed by atoms with Crippen molar-refractivity contribution in [2.75, 3.05) is 7.11 Å². The van der Waals surface area contributed by atoms with Crippen LogP contribution in [0.3, 0.4) is 0 Å². The predicted molar refractivity (Wildman–Crippen MR) is 56.7 cm³/mol. The molecule has 0 bridgehead atoms. The van der Waals surface area contributed by atoms with Crippen LogP contribution < -0.4 is 4.74 Å². The van der Waals surface area contributed by atoms with Crippen molar-refractivity contribution in [3.8, 4) is 11.8 Å². The number of aryl methyl sites for hydroxylation is 2. The van der Waals surface area contributed by atoms with E-state index >= 15 is 0 Å². The Labute approximate surface area is 89.1 Å². The number of ether oxygens (including phenoxy) is 1. The first-order valence-corrected chi connectivity index (χ1v) is 4.76. The molecule has 1 aromatic carbocycles. The van der Waals surface area contributed by atoms with Gasteiger partial charge in [0.15, 0.2) is 0 Å². The highest BCUT2D eigenvalue weighted by molar-refractivity contribution is 6.32. The van der Waals surface area contributed by atoms with Gasteiger partial charge in [0.2, 0.25) is 0 Å². The maximum atomic E-state index is 8.49. The summed E-state index contributed by atoms with van der Waals surface area (Å²) in [5.74, 6) is 0.792. The number of nitrogens with zero attached hydrogens (tertiary/aromatic N) is 1. The number of halogens is 1. The highest BCUT2D eigenvalue weighted by atomic mass is 35.5. The smallest absolute Gasteiger partial charge is 0.119 e.